The average Bonchev–Trinajstić information content (AvgIpc) is 2.99. The van der Waals surface area contributed by atoms with Crippen LogP contribution in [0.25, 0.3) is 11.3 Å². The Labute approximate surface area is 158 Å². The molecule has 2 aromatic carbocycles. The standard InChI is InChI=1S/C16H11Cl2N3S.BrH/c17-13-7-6-12(14(18)8-13)9-19-21-16-20-15(10-22-16)11-4-2-1-3-5-11;/h1-10H,(H,20,21);1H. The summed E-state index contributed by atoms with van der Waals surface area (Å²) in [6.45, 7) is 0. The number of hydrogen-bond acceptors (Lipinski definition) is 4. The number of aromatic nitrogens is 1. The maximum Gasteiger partial charge on any atom is 0.203 e. The zero-order valence-corrected chi connectivity index (χ0v) is 15.8. The van der Waals surface area contributed by atoms with E-state index in [1.807, 2.05) is 41.8 Å². The molecule has 3 rings (SSSR count). The van der Waals surface area contributed by atoms with Gasteiger partial charge in [-0.15, -0.1) is 28.3 Å². The third-order valence-corrected chi connectivity index (χ3v) is 4.21. The van der Waals surface area contributed by atoms with Crippen molar-refractivity contribution in [3.05, 3.63) is 69.5 Å². The first-order valence-corrected chi connectivity index (χ1v) is 8.11. The van der Waals surface area contributed by atoms with Crippen molar-refractivity contribution in [3.8, 4) is 11.3 Å². The summed E-state index contributed by atoms with van der Waals surface area (Å²) in [4.78, 5) is 4.49. The van der Waals surface area contributed by atoms with Gasteiger partial charge in [0.15, 0.2) is 0 Å². The van der Waals surface area contributed by atoms with Crippen molar-refractivity contribution < 1.29 is 0 Å². The Balaban J connectivity index is 0.00000192. The minimum atomic E-state index is 0. The average molecular weight is 429 g/mol. The van der Waals surface area contributed by atoms with E-state index in [0.29, 0.717) is 10.0 Å². The molecule has 0 aliphatic rings. The first-order chi connectivity index (χ1) is 10.7. The molecule has 0 fully saturated rings. The summed E-state index contributed by atoms with van der Waals surface area (Å²) in [5.41, 5.74) is 5.70. The van der Waals surface area contributed by atoms with Crippen molar-refractivity contribution in [2.45, 2.75) is 0 Å². The first-order valence-electron chi connectivity index (χ1n) is 6.47. The Morgan fingerprint density at radius 2 is 1.87 bits per heavy atom. The molecule has 0 bridgehead atoms. The molecular formula is C16H12BrCl2N3S. The Morgan fingerprint density at radius 3 is 2.61 bits per heavy atom. The van der Waals surface area contributed by atoms with Gasteiger partial charge in [0, 0.05) is 21.5 Å². The van der Waals surface area contributed by atoms with Crippen LogP contribution in [-0.2, 0) is 0 Å². The van der Waals surface area contributed by atoms with E-state index < -0.39 is 0 Å². The van der Waals surface area contributed by atoms with Crippen LogP contribution in [0, 0.1) is 0 Å². The Hall–Kier alpha value is -1.40. The van der Waals surface area contributed by atoms with Crippen LogP contribution in [-0.4, -0.2) is 11.2 Å². The summed E-state index contributed by atoms with van der Waals surface area (Å²) in [7, 11) is 0. The predicted molar refractivity (Wildman–Crippen MR) is 106 cm³/mol. The molecule has 23 heavy (non-hydrogen) atoms. The normalized spacial score (nSPS) is 10.5. The second kappa shape index (κ2) is 8.45. The number of anilines is 1. The van der Waals surface area contributed by atoms with E-state index in [1.54, 1.807) is 18.3 Å². The van der Waals surface area contributed by atoms with Crippen LogP contribution in [0.3, 0.4) is 0 Å². The summed E-state index contributed by atoms with van der Waals surface area (Å²) in [6.07, 6.45) is 1.64. The fourth-order valence-electron chi connectivity index (χ4n) is 1.83. The zero-order valence-electron chi connectivity index (χ0n) is 11.7. The van der Waals surface area contributed by atoms with Gasteiger partial charge in [-0.1, -0.05) is 59.6 Å². The largest absolute Gasteiger partial charge is 0.253 e. The maximum atomic E-state index is 6.08. The fourth-order valence-corrected chi connectivity index (χ4v) is 2.96. The molecule has 0 unspecified atom stereocenters. The minimum absolute atomic E-state index is 0. The number of hydrogen-bond donors (Lipinski definition) is 1. The molecule has 3 nitrogen and oxygen atoms in total. The summed E-state index contributed by atoms with van der Waals surface area (Å²) in [6, 6.07) is 15.3. The van der Waals surface area contributed by atoms with Gasteiger partial charge in [0.1, 0.15) is 0 Å². The zero-order chi connectivity index (χ0) is 15.4. The molecule has 7 heteroatoms. The van der Waals surface area contributed by atoms with Crippen molar-refractivity contribution in [1.82, 2.24) is 4.98 Å². The van der Waals surface area contributed by atoms with Crippen molar-refractivity contribution >= 4 is 62.9 Å². The molecule has 1 aromatic heterocycles. The van der Waals surface area contributed by atoms with Crippen molar-refractivity contribution in [2.24, 2.45) is 5.10 Å². The molecule has 0 amide bonds. The van der Waals surface area contributed by atoms with E-state index in [-0.39, 0.29) is 17.0 Å². The van der Waals surface area contributed by atoms with Crippen LogP contribution in [0.5, 0.6) is 0 Å². The highest BCUT2D eigenvalue weighted by molar-refractivity contribution is 8.93. The highest BCUT2D eigenvalue weighted by Crippen LogP contribution is 2.24. The highest BCUT2D eigenvalue weighted by Gasteiger charge is 2.03. The molecule has 1 N–H and O–H groups in total. The van der Waals surface area contributed by atoms with Crippen molar-refractivity contribution in [3.63, 3.8) is 0 Å². The monoisotopic (exact) mass is 427 g/mol. The van der Waals surface area contributed by atoms with E-state index >= 15 is 0 Å². The lowest BCUT2D eigenvalue weighted by Gasteiger charge is -1.98. The van der Waals surface area contributed by atoms with Gasteiger partial charge in [0.2, 0.25) is 5.13 Å². The Bertz CT molecular complexity index is 806. The van der Waals surface area contributed by atoms with Crippen molar-refractivity contribution in [2.75, 3.05) is 5.43 Å². The van der Waals surface area contributed by atoms with Crippen LogP contribution in [0.15, 0.2) is 59.0 Å². The maximum absolute atomic E-state index is 6.08. The Kier molecular flexibility index (Phi) is 6.59. The van der Waals surface area contributed by atoms with Crippen LogP contribution in [0.4, 0.5) is 5.13 Å². The smallest absolute Gasteiger partial charge is 0.203 e. The van der Waals surface area contributed by atoms with Gasteiger partial charge in [-0.05, 0) is 12.1 Å². The van der Waals surface area contributed by atoms with E-state index in [9.17, 15) is 0 Å². The highest BCUT2D eigenvalue weighted by atomic mass is 79.9. The fraction of sp³-hybridized carbons (Fsp3) is 0. The SMILES string of the molecule is Br.Clc1ccc(C=NNc2nc(-c3ccccc3)cs2)c(Cl)c1. The molecule has 0 aliphatic carbocycles. The second-order valence-corrected chi connectivity index (χ2v) is 6.14. The number of nitrogens with one attached hydrogen (secondary N) is 1. The summed E-state index contributed by atoms with van der Waals surface area (Å²) in [5.74, 6) is 0. The molecule has 3 aromatic rings. The van der Waals surface area contributed by atoms with Gasteiger partial charge in [-0.3, -0.25) is 5.43 Å². The lowest BCUT2D eigenvalue weighted by Crippen LogP contribution is -1.91. The summed E-state index contributed by atoms with van der Waals surface area (Å²) >= 11 is 13.4. The summed E-state index contributed by atoms with van der Waals surface area (Å²) in [5, 5.41) is 8.02. The van der Waals surface area contributed by atoms with Gasteiger partial charge in [-0.2, -0.15) is 5.10 Å². The van der Waals surface area contributed by atoms with Crippen LogP contribution >= 0.6 is 51.5 Å². The molecule has 0 saturated carbocycles. The number of thiazole rings is 1. The summed E-state index contributed by atoms with van der Waals surface area (Å²) < 4.78 is 0. The van der Waals surface area contributed by atoms with E-state index in [4.69, 9.17) is 23.2 Å². The third kappa shape index (κ3) is 4.78. The molecule has 1 heterocycles. The van der Waals surface area contributed by atoms with Gasteiger partial charge < -0.3 is 0 Å². The molecule has 0 atom stereocenters. The molecule has 0 saturated heterocycles. The molecular weight excluding hydrogens is 417 g/mol. The van der Waals surface area contributed by atoms with Gasteiger partial charge in [0.25, 0.3) is 0 Å². The third-order valence-electron chi connectivity index (χ3n) is 2.90. The van der Waals surface area contributed by atoms with E-state index in [1.165, 1.54) is 11.3 Å². The minimum Gasteiger partial charge on any atom is -0.253 e. The van der Waals surface area contributed by atoms with E-state index in [2.05, 4.69) is 15.5 Å². The lowest BCUT2D eigenvalue weighted by atomic mass is 10.2. The van der Waals surface area contributed by atoms with Gasteiger partial charge in [-0.25, -0.2) is 4.98 Å². The van der Waals surface area contributed by atoms with Crippen LogP contribution < -0.4 is 5.43 Å². The number of hydrazone groups is 1. The van der Waals surface area contributed by atoms with Crippen LogP contribution in [0.2, 0.25) is 10.0 Å². The quantitative estimate of drug-likeness (QED) is 0.400. The molecule has 0 spiro atoms. The predicted octanol–water partition coefficient (Wildman–Crippen LogP) is 6.14. The molecule has 118 valence electrons. The first kappa shape index (κ1) is 17.9. The number of halogens is 3. The molecule has 0 radical (unpaired) electrons. The lowest BCUT2D eigenvalue weighted by molar-refractivity contribution is 1.29. The van der Waals surface area contributed by atoms with Crippen molar-refractivity contribution in [1.29, 1.82) is 0 Å². The number of nitrogens with zero attached hydrogens (tertiary/aromatic N) is 2. The molecule has 0 aliphatic heterocycles. The number of benzene rings is 2. The number of rotatable bonds is 4. The topological polar surface area (TPSA) is 37.3 Å². The Morgan fingerprint density at radius 1 is 1.09 bits per heavy atom. The second-order valence-electron chi connectivity index (χ2n) is 4.44. The van der Waals surface area contributed by atoms with Gasteiger partial charge >= 0.3 is 0 Å². The van der Waals surface area contributed by atoms with Gasteiger partial charge in [0.05, 0.1) is 16.9 Å². The van der Waals surface area contributed by atoms with E-state index in [0.717, 1.165) is 22.0 Å². The van der Waals surface area contributed by atoms with Crippen LogP contribution in [0.1, 0.15) is 5.56 Å².